The summed E-state index contributed by atoms with van der Waals surface area (Å²) >= 11 is 0. The number of nitrogen functional groups attached to an aromatic ring is 2. The van der Waals surface area contributed by atoms with Crippen LogP contribution in [0.1, 0.15) is 113 Å². The molecule has 4 atom stereocenters. The number of benzene rings is 2. The highest BCUT2D eigenvalue weighted by atomic mass is 16.3. The van der Waals surface area contributed by atoms with Crippen molar-refractivity contribution in [2.75, 3.05) is 37.8 Å². The summed E-state index contributed by atoms with van der Waals surface area (Å²) in [5, 5.41) is 2.07. The second kappa shape index (κ2) is 14.1. The summed E-state index contributed by atoms with van der Waals surface area (Å²) < 4.78 is 18.1. The number of furan rings is 3. The van der Waals surface area contributed by atoms with Crippen LogP contribution in [0.5, 0.6) is 0 Å². The van der Waals surface area contributed by atoms with Crippen molar-refractivity contribution in [2.45, 2.75) is 81.7 Å². The lowest BCUT2D eigenvalue weighted by Crippen LogP contribution is -2.44. The molecule has 0 bridgehead atoms. The van der Waals surface area contributed by atoms with Gasteiger partial charge in [-0.3, -0.25) is 14.3 Å². The molecule has 4 aliphatic rings. The van der Waals surface area contributed by atoms with Crippen LogP contribution in [0, 0.1) is 0 Å². The summed E-state index contributed by atoms with van der Waals surface area (Å²) in [7, 11) is 0. The van der Waals surface area contributed by atoms with E-state index < -0.39 is 0 Å². The highest BCUT2D eigenvalue weighted by Crippen LogP contribution is 2.43. The number of carbonyl (C=O) groups is 2. The number of aromatic nitrogens is 1. The van der Waals surface area contributed by atoms with Gasteiger partial charge in [0, 0.05) is 45.7 Å². The summed E-state index contributed by atoms with van der Waals surface area (Å²) in [6, 6.07) is 19.5. The van der Waals surface area contributed by atoms with E-state index >= 15 is 0 Å². The lowest BCUT2D eigenvalue weighted by Gasteiger charge is -2.42. The van der Waals surface area contributed by atoms with Gasteiger partial charge in [-0.15, -0.1) is 0 Å². The van der Waals surface area contributed by atoms with E-state index in [0.717, 1.165) is 59.8 Å². The normalized spacial score (nSPS) is 23.4. The molecule has 4 N–H and O–H groups in total. The molecule has 0 aliphatic carbocycles. The number of hydrogen-bond donors (Lipinski definition) is 2. The third-order valence-electron chi connectivity index (χ3n) is 12.4. The molecular weight excluding hydrogens is 667 g/mol. The summed E-state index contributed by atoms with van der Waals surface area (Å²) in [5.41, 5.74) is 11.6. The molecule has 0 saturated carbocycles. The zero-order chi connectivity index (χ0) is 36.1. The lowest BCUT2D eigenvalue weighted by atomic mass is 9.82. The van der Waals surface area contributed by atoms with E-state index in [9.17, 15) is 9.59 Å². The highest BCUT2D eigenvalue weighted by Gasteiger charge is 2.35. The van der Waals surface area contributed by atoms with E-state index in [-0.39, 0.29) is 11.6 Å². The predicted molar refractivity (Wildman–Crippen MR) is 205 cm³/mol. The van der Waals surface area contributed by atoms with Gasteiger partial charge in [0.15, 0.2) is 17.4 Å². The van der Waals surface area contributed by atoms with Crippen LogP contribution < -0.4 is 11.6 Å². The van der Waals surface area contributed by atoms with Gasteiger partial charge in [0.2, 0.25) is 11.6 Å². The Morgan fingerprint density at radius 2 is 1.30 bits per heavy atom. The topological polar surface area (TPSA) is 137 Å². The second-order valence-electron chi connectivity index (χ2n) is 15.4. The van der Waals surface area contributed by atoms with Crippen molar-refractivity contribution in [3.63, 3.8) is 0 Å². The first-order valence-corrected chi connectivity index (χ1v) is 19.3. The summed E-state index contributed by atoms with van der Waals surface area (Å²) in [6.45, 7) is 4.75. The molecule has 0 amide bonds. The van der Waals surface area contributed by atoms with Crippen molar-refractivity contribution < 1.29 is 22.8 Å². The molecule has 4 aliphatic heterocycles. The average Bonchev–Trinajstić information content (AvgIpc) is 4.05. The molecule has 0 radical (unpaired) electrons. The van der Waals surface area contributed by atoms with Crippen molar-refractivity contribution in [3.8, 4) is 0 Å². The molecule has 0 spiro atoms. The lowest BCUT2D eigenvalue weighted by molar-refractivity contribution is 0.0976. The predicted octanol–water partition coefficient (Wildman–Crippen LogP) is 8.09. The van der Waals surface area contributed by atoms with Gasteiger partial charge in [0.1, 0.15) is 5.58 Å². The van der Waals surface area contributed by atoms with Crippen LogP contribution in [-0.4, -0.2) is 64.3 Å². The number of fused-ring (bicyclic) bond motifs is 4. The number of carbonyl (C=O) groups excluding carboxylic acids is 2. The maximum Gasteiger partial charge on any atom is 0.228 e. The van der Waals surface area contributed by atoms with E-state index in [1.54, 1.807) is 35.0 Å². The number of anilines is 1. The largest absolute Gasteiger partial charge is 0.461 e. The standard InChI is InChI=1S/C22H25N3O2.C21H22N2O3/c23-25-14-19(15-8-10-24-9-2-1-4-17(24)12-15)18-13-16(6-7-20(18)25)22(26)21-5-3-11-27-21;22-21-19(13-7-9-23-8-1-3-15(23)11-13)16-12-14(5-6-17(16)26-21)20(24)18-4-2-10-25-18/h3,5-7,11,13-15,17H,1-2,4,8-10,12,23H2;2,4-6,10,12-13,15H,1,3,7-9,11,22H2. The first-order valence-electron chi connectivity index (χ1n) is 19.3. The van der Waals surface area contributed by atoms with Gasteiger partial charge in [-0.05, 0) is 156 Å². The third-order valence-corrected chi connectivity index (χ3v) is 12.4. The minimum absolute atomic E-state index is 0.0836. The smallest absolute Gasteiger partial charge is 0.228 e. The molecule has 8 heterocycles. The first-order chi connectivity index (χ1) is 25.9. The van der Waals surface area contributed by atoms with Crippen molar-refractivity contribution in [1.82, 2.24) is 14.5 Å². The molecule has 10 heteroatoms. The van der Waals surface area contributed by atoms with Crippen molar-refractivity contribution in [3.05, 3.63) is 113 Å². The second-order valence-corrected chi connectivity index (χ2v) is 15.4. The minimum atomic E-state index is -0.117. The molecule has 4 fully saturated rings. The molecule has 274 valence electrons. The van der Waals surface area contributed by atoms with Gasteiger partial charge in [0.25, 0.3) is 0 Å². The zero-order valence-corrected chi connectivity index (χ0v) is 30.0. The Morgan fingerprint density at radius 1 is 0.679 bits per heavy atom. The number of ketones is 2. The monoisotopic (exact) mass is 713 g/mol. The molecular formula is C43H47N5O5. The fourth-order valence-electron chi connectivity index (χ4n) is 9.70. The molecule has 10 nitrogen and oxygen atoms in total. The minimum Gasteiger partial charge on any atom is -0.461 e. The van der Waals surface area contributed by atoms with Gasteiger partial charge in [0.05, 0.1) is 18.0 Å². The van der Waals surface area contributed by atoms with Crippen LogP contribution >= 0.6 is 0 Å². The van der Waals surface area contributed by atoms with E-state index in [1.165, 1.54) is 69.7 Å². The van der Waals surface area contributed by atoms with E-state index in [2.05, 4.69) is 16.0 Å². The van der Waals surface area contributed by atoms with Gasteiger partial charge in [-0.1, -0.05) is 6.42 Å². The number of hydrogen-bond acceptors (Lipinski definition) is 9. The third kappa shape index (κ3) is 6.38. The molecule has 4 aromatic heterocycles. The van der Waals surface area contributed by atoms with Crippen molar-refractivity contribution in [2.24, 2.45) is 0 Å². The average molecular weight is 714 g/mol. The number of piperidine rings is 3. The number of rotatable bonds is 6. The van der Waals surface area contributed by atoms with E-state index in [0.29, 0.717) is 52.5 Å². The molecule has 53 heavy (non-hydrogen) atoms. The van der Waals surface area contributed by atoms with Crippen LogP contribution in [0.4, 0.5) is 5.88 Å². The Labute approximate surface area is 308 Å². The van der Waals surface area contributed by atoms with Crippen LogP contribution in [0.25, 0.3) is 21.9 Å². The highest BCUT2D eigenvalue weighted by molar-refractivity contribution is 6.10. The Kier molecular flexibility index (Phi) is 8.95. The van der Waals surface area contributed by atoms with Crippen LogP contribution in [0.2, 0.25) is 0 Å². The van der Waals surface area contributed by atoms with Crippen LogP contribution in [0.3, 0.4) is 0 Å². The summed E-state index contributed by atoms with van der Waals surface area (Å²) in [4.78, 5) is 30.6. The van der Waals surface area contributed by atoms with Crippen LogP contribution in [0.15, 0.2) is 92.6 Å². The van der Waals surface area contributed by atoms with Crippen molar-refractivity contribution >= 4 is 39.3 Å². The number of nitrogens with two attached hydrogens (primary N) is 2. The zero-order valence-electron chi connectivity index (χ0n) is 30.0. The van der Waals surface area contributed by atoms with Gasteiger partial charge in [-0.2, -0.15) is 0 Å². The van der Waals surface area contributed by atoms with Gasteiger partial charge >= 0.3 is 0 Å². The van der Waals surface area contributed by atoms with Crippen molar-refractivity contribution in [1.29, 1.82) is 0 Å². The molecule has 4 saturated heterocycles. The SMILES string of the molecule is Nc1oc2ccc(C(=O)c3ccco3)cc2c1C1CCN2CCCC2C1.Nn1cc(C2CCN3CCCCC3C2)c2cc(C(=O)c3ccco3)ccc21. The Bertz CT molecular complexity index is 2250. The fraction of sp³-hybridized carbons (Fsp3) is 0.395. The number of nitrogens with zero attached hydrogens (tertiary/aromatic N) is 3. The fourth-order valence-corrected chi connectivity index (χ4v) is 9.70. The Hall–Kier alpha value is -5.06. The van der Waals surface area contributed by atoms with Gasteiger partial charge < -0.3 is 34.6 Å². The maximum atomic E-state index is 12.7. The van der Waals surface area contributed by atoms with E-state index in [4.69, 9.17) is 24.8 Å². The Balaban J connectivity index is 0.000000141. The molecule has 2 aromatic carbocycles. The maximum absolute atomic E-state index is 12.7. The van der Waals surface area contributed by atoms with Gasteiger partial charge in [-0.25, -0.2) is 0 Å². The molecule has 4 unspecified atom stereocenters. The summed E-state index contributed by atoms with van der Waals surface area (Å²) in [6.07, 6.45) is 16.2. The molecule has 10 rings (SSSR count). The van der Waals surface area contributed by atoms with Crippen LogP contribution in [-0.2, 0) is 0 Å². The first kappa shape index (κ1) is 33.8. The summed E-state index contributed by atoms with van der Waals surface area (Å²) in [5.74, 6) is 8.16. The molecule has 6 aromatic rings. The van der Waals surface area contributed by atoms with E-state index in [1.807, 2.05) is 30.3 Å². The quantitative estimate of drug-likeness (QED) is 0.130. The Morgan fingerprint density at radius 3 is 2.00 bits per heavy atom.